The fourth-order valence-corrected chi connectivity index (χ4v) is 1.64. The molecule has 80 valence electrons. The number of anilines is 1. The van der Waals surface area contributed by atoms with Crippen LogP contribution in [0.15, 0.2) is 6.20 Å². The van der Waals surface area contributed by atoms with Crippen molar-refractivity contribution < 1.29 is 9.18 Å². The number of aryl methyl sites for hydroxylation is 1. The molecule has 1 amide bonds. The Morgan fingerprint density at radius 3 is 3.00 bits per heavy atom. The van der Waals surface area contributed by atoms with E-state index in [1.165, 1.54) is 6.20 Å². The van der Waals surface area contributed by atoms with E-state index >= 15 is 0 Å². The Morgan fingerprint density at radius 2 is 2.47 bits per heavy atom. The van der Waals surface area contributed by atoms with E-state index in [-0.39, 0.29) is 6.04 Å². The van der Waals surface area contributed by atoms with Gasteiger partial charge in [0.1, 0.15) is 11.9 Å². The van der Waals surface area contributed by atoms with Crippen molar-refractivity contribution in [2.45, 2.75) is 19.4 Å². The second-order valence-corrected chi connectivity index (χ2v) is 3.55. The molecule has 5 nitrogen and oxygen atoms in total. The minimum Gasteiger partial charge on any atom is -0.368 e. The molecule has 2 rings (SSSR count). The molecule has 1 atom stereocenters. The number of aromatic nitrogens is 2. The van der Waals surface area contributed by atoms with Crippen LogP contribution in [-0.2, 0) is 4.79 Å². The molecule has 0 bridgehead atoms. The second kappa shape index (κ2) is 3.45. The molecular formula is C9H11FN4O. The van der Waals surface area contributed by atoms with Crippen LogP contribution in [0, 0.1) is 13.0 Å². The summed E-state index contributed by atoms with van der Waals surface area (Å²) in [5.74, 6) is 0.0530. The SMILES string of the molecule is Cc1cnc(F)nc1N1CCC1C(N)=O. The molecule has 1 aliphatic rings. The Morgan fingerprint density at radius 1 is 1.73 bits per heavy atom. The molecule has 0 radical (unpaired) electrons. The lowest BCUT2D eigenvalue weighted by atomic mass is 10.0. The highest BCUT2D eigenvalue weighted by Gasteiger charge is 2.34. The third-order valence-corrected chi connectivity index (χ3v) is 2.54. The van der Waals surface area contributed by atoms with Gasteiger partial charge in [-0.15, -0.1) is 0 Å². The minimum atomic E-state index is -0.786. The molecule has 2 N–H and O–H groups in total. The summed E-state index contributed by atoms with van der Waals surface area (Å²) in [6.45, 7) is 2.44. The first-order valence-electron chi connectivity index (χ1n) is 4.64. The number of amides is 1. The molecule has 2 heterocycles. The predicted molar refractivity (Wildman–Crippen MR) is 51.7 cm³/mol. The van der Waals surface area contributed by atoms with Crippen LogP contribution in [0.1, 0.15) is 12.0 Å². The van der Waals surface area contributed by atoms with Crippen LogP contribution in [0.5, 0.6) is 0 Å². The van der Waals surface area contributed by atoms with Gasteiger partial charge in [0.15, 0.2) is 0 Å². The van der Waals surface area contributed by atoms with Gasteiger partial charge in [-0.1, -0.05) is 0 Å². The highest BCUT2D eigenvalue weighted by molar-refractivity contribution is 5.85. The first kappa shape index (κ1) is 9.82. The Bertz CT molecular complexity index is 409. The van der Waals surface area contributed by atoms with Gasteiger partial charge in [0, 0.05) is 18.3 Å². The molecule has 1 aromatic rings. The molecule has 0 saturated carbocycles. The summed E-state index contributed by atoms with van der Waals surface area (Å²) in [5.41, 5.74) is 5.93. The fraction of sp³-hybridized carbons (Fsp3) is 0.444. The molecule has 0 aromatic carbocycles. The van der Waals surface area contributed by atoms with Gasteiger partial charge >= 0.3 is 6.08 Å². The van der Waals surface area contributed by atoms with Gasteiger partial charge < -0.3 is 10.6 Å². The van der Waals surface area contributed by atoms with Crippen LogP contribution >= 0.6 is 0 Å². The van der Waals surface area contributed by atoms with E-state index < -0.39 is 12.0 Å². The molecule has 6 heteroatoms. The number of hydrogen-bond donors (Lipinski definition) is 1. The summed E-state index contributed by atoms with van der Waals surface area (Å²) < 4.78 is 12.8. The first-order valence-corrected chi connectivity index (χ1v) is 4.64. The van der Waals surface area contributed by atoms with Crippen LogP contribution in [0.25, 0.3) is 0 Å². The first-order chi connectivity index (χ1) is 7.09. The van der Waals surface area contributed by atoms with Gasteiger partial charge in [-0.2, -0.15) is 9.37 Å². The number of rotatable bonds is 2. The van der Waals surface area contributed by atoms with Crippen molar-refractivity contribution >= 4 is 11.7 Å². The van der Waals surface area contributed by atoms with Gasteiger partial charge in [-0.3, -0.25) is 4.79 Å². The topological polar surface area (TPSA) is 72.1 Å². The normalized spacial score (nSPS) is 19.9. The predicted octanol–water partition coefficient (Wildman–Crippen LogP) is -0.0119. The van der Waals surface area contributed by atoms with Gasteiger partial charge in [0.05, 0.1) is 0 Å². The van der Waals surface area contributed by atoms with Crippen LogP contribution in [0.4, 0.5) is 10.2 Å². The Kier molecular flexibility index (Phi) is 2.26. The maximum absolute atomic E-state index is 12.8. The zero-order valence-electron chi connectivity index (χ0n) is 8.27. The summed E-state index contributed by atoms with van der Waals surface area (Å²) in [7, 11) is 0. The fourth-order valence-electron chi connectivity index (χ4n) is 1.64. The zero-order valence-corrected chi connectivity index (χ0v) is 8.27. The molecule has 0 spiro atoms. The van der Waals surface area contributed by atoms with E-state index in [9.17, 15) is 9.18 Å². The number of nitrogens with zero attached hydrogens (tertiary/aromatic N) is 3. The summed E-state index contributed by atoms with van der Waals surface area (Å²) in [6, 6.07) is -0.363. The lowest BCUT2D eigenvalue weighted by Crippen LogP contribution is -2.55. The van der Waals surface area contributed by atoms with Crippen LogP contribution in [0.3, 0.4) is 0 Å². The van der Waals surface area contributed by atoms with Crippen LogP contribution < -0.4 is 10.6 Å². The third-order valence-electron chi connectivity index (χ3n) is 2.54. The highest BCUT2D eigenvalue weighted by atomic mass is 19.1. The number of carbonyl (C=O) groups excluding carboxylic acids is 1. The van der Waals surface area contributed by atoms with E-state index in [1.54, 1.807) is 11.8 Å². The van der Waals surface area contributed by atoms with Crippen molar-refractivity contribution in [3.05, 3.63) is 17.8 Å². The van der Waals surface area contributed by atoms with Gasteiger partial charge in [-0.05, 0) is 13.3 Å². The van der Waals surface area contributed by atoms with Crippen LogP contribution in [0.2, 0.25) is 0 Å². The molecule has 0 aliphatic carbocycles. The summed E-state index contributed by atoms with van der Waals surface area (Å²) >= 11 is 0. The molecule has 15 heavy (non-hydrogen) atoms. The molecule has 1 aromatic heterocycles. The van der Waals surface area contributed by atoms with E-state index in [1.807, 2.05) is 0 Å². The van der Waals surface area contributed by atoms with Crippen molar-refractivity contribution in [3.8, 4) is 0 Å². The Hall–Kier alpha value is -1.72. The van der Waals surface area contributed by atoms with Gasteiger partial charge in [0.2, 0.25) is 5.91 Å². The molecule has 1 fully saturated rings. The van der Waals surface area contributed by atoms with E-state index in [2.05, 4.69) is 9.97 Å². The number of halogens is 1. The minimum absolute atomic E-state index is 0.363. The van der Waals surface area contributed by atoms with E-state index in [0.717, 1.165) is 5.56 Å². The zero-order chi connectivity index (χ0) is 11.0. The number of hydrogen-bond acceptors (Lipinski definition) is 4. The highest BCUT2D eigenvalue weighted by Crippen LogP contribution is 2.26. The van der Waals surface area contributed by atoms with Crippen LogP contribution in [-0.4, -0.2) is 28.5 Å². The second-order valence-electron chi connectivity index (χ2n) is 3.55. The molecular weight excluding hydrogens is 199 g/mol. The largest absolute Gasteiger partial charge is 0.368 e. The average molecular weight is 210 g/mol. The van der Waals surface area contributed by atoms with Gasteiger partial charge in [-0.25, -0.2) is 4.98 Å². The summed E-state index contributed by atoms with van der Waals surface area (Å²) in [4.78, 5) is 19.8. The third kappa shape index (κ3) is 1.62. The number of nitrogens with two attached hydrogens (primary N) is 1. The lowest BCUT2D eigenvalue weighted by Gasteiger charge is -2.40. The lowest BCUT2D eigenvalue weighted by molar-refractivity contribution is -0.120. The summed E-state index contributed by atoms with van der Waals surface area (Å²) in [5, 5.41) is 0. The van der Waals surface area contributed by atoms with Gasteiger partial charge in [0.25, 0.3) is 0 Å². The standard InChI is InChI=1S/C9H11FN4O/c1-5-4-12-9(10)13-8(5)14-3-2-6(14)7(11)15/h4,6H,2-3H2,1H3,(H2,11,15). The van der Waals surface area contributed by atoms with Crippen molar-refractivity contribution in [2.24, 2.45) is 5.73 Å². The maximum atomic E-state index is 12.8. The van der Waals surface area contributed by atoms with E-state index in [0.29, 0.717) is 18.8 Å². The van der Waals surface area contributed by atoms with Crippen molar-refractivity contribution in [1.82, 2.24) is 9.97 Å². The summed E-state index contributed by atoms with van der Waals surface area (Å²) in [6.07, 6.45) is 1.31. The molecule has 1 unspecified atom stereocenters. The van der Waals surface area contributed by atoms with Crippen molar-refractivity contribution in [2.75, 3.05) is 11.4 Å². The number of primary amides is 1. The van der Waals surface area contributed by atoms with Crippen molar-refractivity contribution in [3.63, 3.8) is 0 Å². The smallest absolute Gasteiger partial charge is 0.310 e. The van der Waals surface area contributed by atoms with E-state index in [4.69, 9.17) is 5.73 Å². The quantitative estimate of drug-likeness (QED) is 0.697. The Balaban J connectivity index is 2.30. The Labute approximate surface area is 86.1 Å². The number of carbonyl (C=O) groups is 1. The average Bonchev–Trinajstić information content (AvgIpc) is 2.08. The maximum Gasteiger partial charge on any atom is 0.310 e. The van der Waals surface area contributed by atoms with Crippen molar-refractivity contribution in [1.29, 1.82) is 0 Å². The molecule has 1 aliphatic heterocycles. The molecule has 1 saturated heterocycles. The monoisotopic (exact) mass is 210 g/mol.